The molecule has 22 heavy (non-hydrogen) atoms. The Morgan fingerprint density at radius 2 is 1.59 bits per heavy atom. The third kappa shape index (κ3) is 5.60. The lowest BCUT2D eigenvalue weighted by atomic mass is 10.1. The number of ketones is 1. The van der Waals surface area contributed by atoms with Crippen LogP contribution >= 0.6 is 0 Å². The molecule has 1 amide bonds. The van der Waals surface area contributed by atoms with Gasteiger partial charge in [0.15, 0.2) is 5.78 Å². The van der Waals surface area contributed by atoms with Crippen LogP contribution in [0.4, 0.5) is 5.69 Å². The number of hydrogen-bond donors (Lipinski definition) is 1. The van der Waals surface area contributed by atoms with Crippen LogP contribution < -0.4 is 5.32 Å². The standard InChI is InChI=1S/C18H26N2O2/c1-15(21)16-7-9-17(10-8-16)19-18(22)11-14-20-12-5-3-2-4-6-13-20/h7-10H,2-6,11-14H2,1H3,(H,19,22). The molecule has 0 unspecified atom stereocenters. The van der Waals surface area contributed by atoms with Gasteiger partial charge in [0.25, 0.3) is 0 Å². The lowest BCUT2D eigenvalue weighted by Crippen LogP contribution is -2.30. The number of Topliss-reactive ketones (excluding diaryl/α,β-unsaturated/α-hetero) is 1. The molecule has 1 fully saturated rings. The molecule has 120 valence electrons. The average molecular weight is 302 g/mol. The molecule has 1 heterocycles. The normalized spacial score (nSPS) is 16.6. The summed E-state index contributed by atoms with van der Waals surface area (Å²) in [7, 11) is 0. The van der Waals surface area contributed by atoms with E-state index in [-0.39, 0.29) is 11.7 Å². The summed E-state index contributed by atoms with van der Waals surface area (Å²) in [5.74, 6) is 0.0765. The van der Waals surface area contributed by atoms with Crippen LogP contribution in [0.25, 0.3) is 0 Å². The van der Waals surface area contributed by atoms with Gasteiger partial charge in [0.05, 0.1) is 0 Å². The van der Waals surface area contributed by atoms with E-state index in [2.05, 4.69) is 10.2 Å². The first-order chi connectivity index (χ1) is 10.6. The molecule has 0 spiro atoms. The van der Waals surface area contributed by atoms with E-state index in [0.717, 1.165) is 25.3 Å². The van der Waals surface area contributed by atoms with E-state index in [1.807, 2.05) is 0 Å². The number of nitrogens with one attached hydrogen (secondary N) is 1. The zero-order valence-corrected chi connectivity index (χ0v) is 13.4. The summed E-state index contributed by atoms with van der Waals surface area (Å²) in [6, 6.07) is 7.06. The molecule has 1 saturated heterocycles. The molecule has 0 bridgehead atoms. The lowest BCUT2D eigenvalue weighted by Gasteiger charge is -2.24. The van der Waals surface area contributed by atoms with Crippen LogP contribution in [0.5, 0.6) is 0 Å². The van der Waals surface area contributed by atoms with E-state index < -0.39 is 0 Å². The first-order valence-corrected chi connectivity index (χ1v) is 8.28. The Bertz CT molecular complexity index is 488. The van der Waals surface area contributed by atoms with Gasteiger partial charge in [-0.05, 0) is 57.1 Å². The van der Waals surface area contributed by atoms with Crippen molar-refractivity contribution in [1.29, 1.82) is 0 Å². The molecule has 4 heteroatoms. The summed E-state index contributed by atoms with van der Waals surface area (Å²) >= 11 is 0. The number of amides is 1. The predicted octanol–water partition coefficient (Wildman–Crippen LogP) is 3.48. The first-order valence-electron chi connectivity index (χ1n) is 8.28. The Kier molecular flexibility index (Phi) is 6.59. The summed E-state index contributed by atoms with van der Waals surface area (Å²) in [4.78, 5) is 25.6. The van der Waals surface area contributed by atoms with Crippen LogP contribution in [0.3, 0.4) is 0 Å². The van der Waals surface area contributed by atoms with E-state index in [0.29, 0.717) is 12.0 Å². The maximum absolute atomic E-state index is 12.0. The van der Waals surface area contributed by atoms with Crippen LogP contribution in [0.15, 0.2) is 24.3 Å². The number of hydrogen-bond acceptors (Lipinski definition) is 3. The van der Waals surface area contributed by atoms with Gasteiger partial charge in [0, 0.05) is 24.2 Å². The molecule has 1 aromatic rings. The van der Waals surface area contributed by atoms with Crippen molar-refractivity contribution in [3.05, 3.63) is 29.8 Å². The molecule has 1 aliphatic heterocycles. The second-order valence-corrected chi connectivity index (χ2v) is 6.04. The van der Waals surface area contributed by atoms with Crippen molar-refractivity contribution in [2.24, 2.45) is 0 Å². The van der Waals surface area contributed by atoms with Crippen LogP contribution in [0, 0.1) is 0 Å². The number of carbonyl (C=O) groups is 2. The number of benzene rings is 1. The van der Waals surface area contributed by atoms with Crippen molar-refractivity contribution in [2.75, 3.05) is 25.0 Å². The SMILES string of the molecule is CC(=O)c1ccc(NC(=O)CCN2CCCCCCC2)cc1. The van der Waals surface area contributed by atoms with Crippen LogP contribution in [-0.2, 0) is 4.79 Å². The Balaban J connectivity index is 1.75. The van der Waals surface area contributed by atoms with Gasteiger partial charge < -0.3 is 10.2 Å². The summed E-state index contributed by atoms with van der Waals surface area (Å²) in [5, 5.41) is 2.90. The topological polar surface area (TPSA) is 49.4 Å². The van der Waals surface area contributed by atoms with Gasteiger partial charge in [-0.2, -0.15) is 0 Å². The number of rotatable bonds is 5. The van der Waals surface area contributed by atoms with Crippen molar-refractivity contribution in [2.45, 2.75) is 45.4 Å². The van der Waals surface area contributed by atoms with Gasteiger partial charge >= 0.3 is 0 Å². The highest BCUT2D eigenvalue weighted by molar-refractivity contribution is 5.95. The highest BCUT2D eigenvalue weighted by Crippen LogP contribution is 2.12. The average Bonchev–Trinajstić information content (AvgIpc) is 2.46. The second kappa shape index (κ2) is 8.69. The third-order valence-corrected chi connectivity index (χ3v) is 4.18. The molecule has 0 aliphatic carbocycles. The van der Waals surface area contributed by atoms with E-state index in [1.165, 1.54) is 39.0 Å². The van der Waals surface area contributed by atoms with Crippen molar-refractivity contribution in [3.63, 3.8) is 0 Å². The Morgan fingerprint density at radius 3 is 2.18 bits per heavy atom. The Labute approximate surface area is 132 Å². The molecule has 0 atom stereocenters. The van der Waals surface area contributed by atoms with Gasteiger partial charge in [-0.15, -0.1) is 0 Å². The molecule has 1 aliphatic rings. The van der Waals surface area contributed by atoms with Crippen molar-refractivity contribution in [1.82, 2.24) is 4.90 Å². The minimum absolute atomic E-state index is 0.0370. The molecule has 1 N–H and O–H groups in total. The van der Waals surface area contributed by atoms with E-state index in [4.69, 9.17) is 0 Å². The summed E-state index contributed by atoms with van der Waals surface area (Å²) in [6.45, 7) is 4.59. The maximum Gasteiger partial charge on any atom is 0.225 e. The number of likely N-dealkylation sites (tertiary alicyclic amines) is 1. The zero-order valence-electron chi connectivity index (χ0n) is 13.4. The van der Waals surface area contributed by atoms with Crippen molar-refractivity contribution >= 4 is 17.4 Å². The van der Waals surface area contributed by atoms with E-state index in [9.17, 15) is 9.59 Å². The van der Waals surface area contributed by atoms with Gasteiger partial charge in [-0.3, -0.25) is 9.59 Å². The zero-order chi connectivity index (χ0) is 15.8. The molecule has 1 aromatic carbocycles. The summed E-state index contributed by atoms with van der Waals surface area (Å²) in [5.41, 5.74) is 1.42. The number of anilines is 1. The van der Waals surface area contributed by atoms with E-state index in [1.54, 1.807) is 24.3 Å². The van der Waals surface area contributed by atoms with Gasteiger partial charge in [0.1, 0.15) is 0 Å². The monoisotopic (exact) mass is 302 g/mol. The smallest absolute Gasteiger partial charge is 0.225 e. The molecule has 2 rings (SSSR count). The lowest BCUT2D eigenvalue weighted by molar-refractivity contribution is -0.116. The van der Waals surface area contributed by atoms with Gasteiger partial charge in [-0.1, -0.05) is 19.3 Å². The Hall–Kier alpha value is -1.68. The predicted molar refractivity (Wildman–Crippen MR) is 89.2 cm³/mol. The van der Waals surface area contributed by atoms with E-state index >= 15 is 0 Å². The fraction of sp³-hybridized carbons (Fsp3) is 0.556. The minimum Gasteiger partial charge on any atom is -0.326 e. The second-order valence-electron chi connectivity index (χ2n) is 6.04. The fourth-order valence-corrected chi connectivity index (χ4v) is 2.81. The van der Waals surface area contributed by atoms with Crippen molar-refractivity contribution in [3.8, 4) is 0 Å². The third-order valence-electron chi connectivity index (χ3n) is 4.18. The summed E-state index contributed by atoms with van der Waals surface area (Å²) < 4.78 is 0. The minimum atomic E-state index is 0.0370. The molecule has 0 radical (unpaired) electrons. The first kappa shape index (κ1) is 16.7. The highest BCUT2D eigenvalue weighted by atomic mass is 16.1. The highest BCUT2D eigenvalue weighted by Gasteiger charge is 2.10. The summed E-state index contributed by atoms with van der Waals surface area (Å²) in [6.07, 6.45) is 6.98. The fourth-order valence-electron chi connectivity index (χ4n) is 2.81. The quantitative estimate of drug-likeness (QED) is 0.847. The largest absolute Gasteiger partial charge is 0.326 e. The van der Waals surface area contributed by atoms with Crippen LogP contribution in [0.1, 0.15) is 55.8 Å². The molecular weight excluding hydrogens is 276 g/mol. The van der Waals surface area contributed by atoms with Gasteiger partial charge in [-0.25, -0.2) is 0 Å². The molecule has 4 nitrogen and oxygen atoms in total. The Morgan fingerprint density at radius 1 is 1.00 bits per heavy atom. The van der Waals surface area contributed by atoms with Crippen molar-refractivity contribution < 1.29 is 9.59 Å². The maximum atomic E-state index is 12.0. The van der Waals surface area contributed by atoms with Crippen LogP contribution in [-0.4, -0.2) is 36.2 Å². The molecule has 0 saturated carbocycles. The van der Waals surface area contributed by atoms with Gasteiger partial charge in [0.2, 0.25) is 5.91 Å². The molecule has 0 aromatic heterocycles. The number of nitrogens with zero attached hydrogens (tertiary/aromatic N) is 1. The number of carbonyl (C=O) groups excluding carboxylic acids is 2. The molecular formula is C18H26N2O2. The van der Waals surface area contributed by atoms with Crippen LogP contribution in [0.2, 0.25) is 0 Å².